The van der Waals surface area contributed by atoms with Crippen LogP contribution in [0.2, 0.25) is 0 Å². The number of carboxylic acid groups (broad SMARTS) is 1. The number of nitrogens with zero attached hydrogens (tertiary/aromatic N) is 1. The summed E-state index contributed by atoms with van der Waals surface area (Å²) in [6, 6.07) is 4.64. The molecule has 0 aliphatic heterocycles. The van der Waals surface area contributed by atoms with Crippen LogP contribution in [0.3, 0.4) is 0 Å². The van der Waals surface area contributed by atoms with Crippen molar-refractivity contribution in [1.29, 1.82) is 0 Å². The Morgan fingerprint density at radius 1 is 1.40 bits per heavy atom. The first-order valence-electron chi connectivity index (χ1n) is 6.71. The van der Waals surface area contributed by atoms with E-state index in [2.05, 4.69) is 19.2 Å². The SMILES string of the molecule is CCC(C)CN(C)C(=O)Nc1ccc(C)c(C(=O)O)c1. The van der Waals surface area contributed by atoms with Crippen molar-refractivity contribution in [3.05, 3.63) is 29.3 Å². The van der Waals surface area contributed by atoms with Crippen LogP contribution in [0.15, 0.2) is 18.2 Å². The number of hydrogen-bond donors (Lipinski definition) is 2. The van der Waals surface area contributed by atoms with Crippen molar-refractivity contribution in [3.63, 3.8) is 0 Å². The van der Waals surface area contributed by atoms with Crippen LogP contribution in [0, 0.1) is 12.8 Å². The maximum Gasteiger partial charge on any atom is 0.336 e. The molecule has 110 valence electrons. The number of carboxylic acids is 1. The zero-order valence-corrected chi connectivity index (χ0v) is 12.4. The number of benzene rings is 1. The Morgan fingerprint density at radius 2 is 2.05 bits per heavy atom. The van der Waals surface area contributed by atoms with Crippen molar-refractivity contribution in [2.75, 3.05) is 18.9 Å². The van der Waals surface area contributed by atoms with Crippen LogP contribution in [0.4, 0.5) is 10.5 Å². The number of nitrogens with one attached hydrogen (secondary N) is 1. The normalized spacial score (nSPS) is 11.8. The monoisotopic (exact) mass is 278 g/mol. The number of carbonyl (C=O) groups is 2. The molecule has 0 bridgehead atoms. The molecule has 1 atom stereocenters. The van der Waals surface area contributed by atoms with E-state index in [-0.39, 0.29) is 11.6 Å². The van der Waals surface area contributed by atoms with Gasteiger partial charge in [-0.1, -0.05) is 26.3 Å². The van der Waals surface area contributed by atoms with Crippen LogP contribution in [0.1, 0.15) is 36.2 Å². The molecule has 20 heavy (non-hydrogen) atoms. The Bertz CT molecular complexity index is 500. The highest BCUT2D eigenvalue weighted by Crippen LogP contribution is 2.16. The first-order valence-corrected chi connectivity index (χ1v) is 6.71. The van der Waals surface area contributed by atoms with Crippen LogP contribution < -0.4 is 5.32 Å². The maximum atomic E-state index is 12.0. The molecule has 0 aliphatic rings. The third-order valence-corrected chi connectivity index (χ3v) is 3.35. The van der Waals surface area contributed by atoms with Gasteiger partial charge in [0.05, 0.1) is 5.56 Å². The second-order valence-corrected chi connectivity index (χ2v) is 5.16. The van der Waals surface area contributed by atoms with Crippen LogP contribution in [0.5, 0.6) is 0 Å². The van der Waals surface area contributed by atoms with Gasteiger partial charge in [-0.3, -0.25) is 0 Å². The number of amides is 2. The number of aryl methyl sites for hydroxylation is 1. The average molecular weight is 278 g/mol. The molecule has 0 radical (unpaired) electrons. The molecule has 0 fully saturated rings. The van der Waals surface area contributed by atoms with Gasteiger partial charge in [-0.25, -0.2) is 9.59 Å². The fourth-order valence-corrected chi connectivity index (χ4v) is 1.83. The summed E-state index contributed by atoms with van der Waals surface area (Å²) in [5, 5.41) is 11.8. The fourth-order valence-electron chi connectivity index (χ4n) is 1.83. The van der Waals surface area contributed by atoms with Gasteiger partial charge in [-0.15, -0.1) is 0 Å². The molecular formula is C15H22N2O3. The topological polar surface area (TPSA) is 69.6 Å². The van der Waals surface area contributed by atoms with Gasteiger partial charge in [-0.05, 0) is 30.5 Å². The van der Waals surface area contributed by atoms with Gasteiger partial charge in [0.2, 0.25) is 0 Å². The van der Waals surface area contributed by atoms with Gasteiger partial charge in [-0.2, -0.15) is 0 Å². The first-order chi connectivity index (χ1) is 9.35. The van der Waals surface area contributed by atoms with Crippen molar-refractivity contribution in [2.45, 2.75) is 27.2 Å². The van der Waals surface area contributed by atoms with E-state index >= 15 is 0 Å². The first kappa shape index (κ1) is 16.0. The van der Waals surface area contributed by atoms with E-state index in [1.165, 1.54) is 6.07 Å². The highest BCUT2D eigenvalue weighted by Gasteiger charge is 2.13. The molecule has 1 aromatic carbocycles. The maximum absolute atomic E-state index is 12.0. The summed E-state index contributed by atoms with van der Waals surface area (Å²) < 4.78 is 0. The lowest BCUT2D eigenvalue weighted by atomic mass is 10.1. The van der Waals surface area contributed by atoms with Crippen molar-refractivity contribution in [3.8, 4) is 0 Å². The smallest absolute Gasteiger partial charge is 0.336 e. The van der Waals surface area contributed by atoms with E-state index in [4.69, 9.17) is 5.11 Å². The Hall–Kier alpha value is -2.04. The van der Waals surface area contributed by atoms with Gasteiger partial charge in [0, 0.05) is 19.3 Å². The summed E-state index contributed by atoms with van der Waals surface area (Å²) in [6.07, 6.45) is 1.01. The molecule has 0 heterocycles. The Balaban J connectivity index is 2.76. The summed E-state index contributed by atoms with van der Waals surface area (Å²) in [5.41, 5.74) is 1.37. The van der Waals surface area contributed by atoms with Crippen molar-refractivity contribution in [2.24, 2.45) is 5.92 Å². The minimum atomic E-state index is -0.994. The van der Waals surface area contributed by atoms with Crippen LogP contribution >= 0.6 is 0 Å². The summed E-state index contributed by atoms with van der Waals surface area (Å²) in [6.45, 7) is 6.55. The molecule has 0 aliphatic carbocycles. The minimum absolute atomic E-state index is 0.201. The molecule has 0 aromatic heterocycles. The highest BCUT2D eigenvalue weighted by atomic mass is 16.4. The van der Waals surface area contributed by atoms with Gasteiger partial charge in [0.15, 0.2) is 0 Å². The largest absolute Gasteiger partial charge is 0.478 e. The molecule has 2 N–H and O–H groups in total. The number of rotatable bonds is 5. The van der Waals surface area contributed by atoms with Gasteiger partial charge < -0.3 is 15.3 Å². The predicted molar refractivity (Wildman–Crippen MR) is 79.2 cm³/mol. The Kier molecular flexibility index (Phi) is 5.55. The third-order valence-electron chi connectivity index (χ3n) is 3.35. The van der Waals surface area contributed by atoms with E-state index in [1.807, 2.05) is 0 Å². The van der Waals surface area contributed by atoms with Crippen LogP contribution in [0.25, 0.3) is 0 Å². The van der Waals surface area contributed by atoms with Crippen LogP contribution in [-0.4, -0.2) is 35.6 Å². The zero-order chi connectivity index (χ0) is 15.3. The second kappa shape index (κ2) is 6.93. The summed E-state index contributed by atoms with van der Waals surface area (Å²) in [5.74, 6) is -0.565. The lowest BCUT2D eigenvalue weighted by molar-refractivity contribution is 0.0696. The summed E-state index contributed by atoms with van der Waals surface area (Å²) in [4.78, 5) is 24.7. The molecule has 5 nitrogen and oxygen atoms in total. The third kappa shape index (κ3) is 4.26. The number of hydrogen-bond acceptors (Lipinski definition) is 2. The molecule has 1 rings (SSSR count). The molecule has 2 amide bonds. The molecule has 0 spiro atoms. The van der Waals surface area contributed by atoms with Crippen LogP contribution in [-0.2, 0) is 0 Å². The van der Waals surface area contributed by atoms with E-state index in [1.54, 1.807) is 31.0 Å². The summed E-state index contributed by atoms with van der Waals surface area (Å²) >= 11 is 0. The molecule has 1 unspecified atom stereocenters. The molecule has 0 saturated heterocycles. The highest BCUT2D eigenvalue weighted by molar-refractivity contribution is 5.94. The fraction of sp³-hybridized carbons (Fsp3) is 0.467. The van der Waals surface area contributed by atoms with Gasteiger partial charge in [0.25, 0.3) is 0 Å². The molecule has 5 heteroatoms. The number of urea groups is 1. The standard InChI is InChI=1S/C15H22N2O3/c1-5-10(2)9-17(4)15(20)16-12-7-6-11(3)13(8-12)14(18)19/h6-8,10H,5,9H2,1-4H3,(H,16,20)(H,18,19). The minimum Gasteiger partial charge on any atom is -0.478 e. The van der Waals surface area contributed by atoms with E-state index in [0.717, 1.165) is 6.42 Å². The quantitative estimate of drug-likeness (QED) is 0.869. The van der Waals surface area contributed by atoms with E-state index < -0.39 is 5.97 Å². The molecule has 0 saturated carbocycles. The van der Waals surface area contributed by atoms with Crippen molar-refractivity contribution < 1.29 is 14.7 Å². The summed E-state index contributed by atoms with van der Waals surface area (Å²) in [7, 11) is 1.73. The molecule has 1 aromatic rings. The van der Waals surface area contributed by atoms with E-state index in [9.17, 15) is 9.59 Å². The average Bonchev–Trinajstić information content (AvgIpc) is 2.40. The van der Waals surface area contributed by atoms with Gasteiger partial charge in [0.1, 0.15) is 0 Å². The second-order valence-electron chi connectivity index (χ2n) is 5.16. The Morgan fingerprint density at radius 3 is 2.60 bits per heavy atom. The van der Waals surface area contributed by atoms with Gasteiger partial charge >= 0.3 is 12.0 Å². The number of carbonyl (C=O) groups excluding carboxylic acids is 1. The predicted octanol–water partition coefficient (Wildman–Crippen LogP) is 3.20. The number of aromatic carboxylic acids is 1. The molecular weight excluding hydrogens is 256 g/mol. The van der Waals surface area contributed by atoms with Crippen molar-refractivity contribution >= 4 is 17.7 Å². The lowest BCUT2D eigenvalue weighted by Crippen LogP contribution is -2.34. The van der Waals surface area contributed by atoms with E-state index in [0.29, 0.717) is 23.7 Å². The lowest BCUT2D eigenvalue weighted by Gasteiger charge is -2.21. The Labute approximate surface area is 119 Å². The van der Waals surface area contributed by atoms with Crippen molar-refractivity contribution in [1.82, 2.24) is 4.90 Å². The zero-order valence-electron chi connectivity index (χ0n) is 12.4. The number of anilines is 1.